The molecule has 0 bridgehead atoms. The van der Waals surface area contributed by atoms with Gasteiger partial charge in [-0.05, 0) is 34.9 Å². The van der Waals surface area contributed by atoms with Gasteiger partial charge in [0.25, 0.3) is 0 Å². The molecular formula is C20H16O. The minimum absolute atomic E-state index is 0.0789. The van der Waals surface area contributed by atoms with Gasteiger partial charge in [0, 0.05) is 5.57 Å². The zero-order valence-electron chi connectivity index (χ0n) is 11.9. The van der Waals surface area contributed by atoms with Gasteiger partial charge in [0.1, 0.15) is 0 Å². The normalized spacial score (nSPS) is 11.6. The summed E-state index contributed by atoms with van der Waals surface area (Å²) in [5.41, 5.74) is 2.78. The van der Waals surface area contributed by atoms with E-state index in [-0.39, 0.29) is 5.78 Å². The van der Waals surface area contributed by atoms with Crippen molar-refractivity contribution in [3.05, 3.63) is 83.9 Å². The Morgan fingerprint density at radius 2 is 1.48 bits per heavy atom. The molecule has 102 valence electrons. The first-order valence-corrected chi connectivity index (χ1v) is 7.01. The van der Waals surface area contributed by atoms with E-state index in [1.54, 1.807) is 6.92 Å². The minimum Gasteiger partial charge on any atom is -0.294 e. The Balaban J connectivity index is 2.22. The van der Waals surface area contributed by atoms with Gasteiger partial charge in [0.15, 0.2) is 5.78 Å². The third kappa shape index (κ3) is 2.77. The highest BCUT2D eigenvalue weighted by Crippen LogP contribution is 2.27. The Hall–Kier alpha value is -2.67. The summed E-state index contributed by atoms with van der Waals surface area (Å²) in [4.78, 5) is 12.1. The van der Waals surface area contributed by atoms with E-state index in [0.29, 0.717) is 0 Å². The SMILES string of the molecule is CC(=O)/C(=C/c1ccccc1)c1cccc2ccccc12. The van der Waals surface area contributed by atoms with Gasteiger partial charge in [0.05, 0.1) is 0 Å². The summed E-state index contributed by atoms with van der Waals surface area (Å²) < 4.78 is 0. The molecule has 1 nitrogen and oxygen atoms in total. The van der Waals surface area contributed by atoms with E-state index in [0.717, 1.165) is 27.5 Å². The second-order valence-electron chi connectivity index (χ2n) is 5.05. The number of hydrogen-bond donors (Lipinski definition) is 0. The van der Waals surface area contributed by atoms with Gasteiger partial charge in [-0.3, -0.25) is 4.79 Å². The number of rotatable bonds is 3. The molecule has 0 aliphatic rings. The van der Waals surface area contributed by atoms with Crippen molar-refractivity contribution in [3.63, 3.8) is 0 Å². The largest absolute Gasteiger partial charge is 0.294 e. The van der Waals surface area contributed by atoms with Gasteiger partial charge in [-0.1, -0.05) is 72.8 Å². The summed E-state index contributed by atoms with van der Waals surface area (Å²) >= 11 is 0. The van der Waals surface area contributed by atoms with Crippen molar-refractivity contribution in [3.8, 4) is 0 Å². The highest BCUT2D eigenvalue weighted by Gasteiger charge is 2.10. The van der Waals surface area contributed by atoms with E-state index in [1.807, 2.05) is 60.7 Å². The van der Waals surface area contributed by atoms with E-state index in [2.05, 4.69) is 18.2 Å². The van der Waals surface area contributed by atoms with Crippen molar-refractivity contribution in [2.45, 2.75) is 6.92 Å². The topological polar surface area (TPSA) is 17.1 Å². The van der Waals surface area contributed by atoms with E-state index < -0.39 is 0 Å². The molecule has 21 heavy (non-hydrogen) atoms. The van der Waals surface area contributed by atoms with E-state index in [1.165, 1.54) is 0 Å². The molecule has 0 aliphatic carbocycles. The van der Waals surface area contributed by atoms with Crippen molar-refractivity contribution >= 4 is 28.2 Å². The molecule has 0 N–H and O–H groups in total. The zero-order valence-corrected chi connectivity index (χ0v) is 11.9. The molecule has 0 radical (unpaired) electrons. The first-order chi connectivity index (χ1) is 10.3. The first-order valence-electron chi connectivity index (χ1n) is 7.01. The zero-order chi connectivity index (χ0) is 14.7. The van der Waals surface area contributed by atoms with Crippen LogP contribution in [0.5, 0.6) is 0 Å². The number of allylic oxidation sites excluding steroid dienone is 1. The van der Waals surface area contributed by atoms with Crippen LogP contribution in [0.3, 0.4) is 0 Å². The Morgan fingerprint density at radius 1 is 0.810 bits per heavy atom. The third-order valence-electron chi connectivity index (χ3n) is 3.57. The maximum absolute atomic E-state index is 12.1. The fraction of sp³-hybridized carbons (Fsp3) is 0.0500. The first kappa shape index (κ1) is 13.3. The number of carbonyl (C=O) groups excluding carboxylic acids is 1. The number of hydrogen-bond acceptors (Lipinski definition) is 1. The number of Topliss-reactive ketones (excluding diaryl/α,β-unsaturated/α-hetero) is 1. The highest BCUT2D eigenvalue weighted by atomic mass is 16.1. The quantitative estimate of drug-likeness (QED) is 0.486. The van der Waals surface area contributed by atoms with E-state index in [9.17, 15) is 4.79 Å². The van der Waals surface area contributed by atoms with Crippen molar-refractivity contribution in [1.29, 1.82) is 0 Å². The summed E-state index contributed by atoms with van der Waals surface area (Å²) in [7, 11) is 0. The molecule has 0 heterocycles. The van der Waals surface area contributed by atoms with Crippen LogP contribution in [0.25, 0.3) is 22.4 Å². The van der Waals surface area contributed by atoms with E-state index in [4.69, 9.17) is 0 Å². The standard InChI is InChI=1S/C20H16O/c1-15(21)20(14-16-8-3-2-4-9-16)19-13-7-11-17-10-5-6-12-18(17)19/h2-14H,1H3/b20-14-. The van der Waals surface area contributed by atoms with Gasteiger partial charge in [-0.25, -0.2) is 0 Å². The van der Waals surface area contributed by atoms with Crippen LogP contribution in [-0.4, -0.2) is 5.78 Å². The highest BCUT2D eigenvalue weighted by molar-refractivity contribution is 6.27. The van der Waals surface area contributed by atoms with Gasteiger partial charge in [0.2, 0.25) is 0 Å². The van der Waals surface area contributed by atoms with Gasteiger partial charge in [-0.15, -0.1) is 0 Å². The van der Waals surface area contributed by atoms with Crippen LogP contribution in [0.1, 0.15) is 18.1 Å². The average molecular weight is 272 g/mol. The molecule has 0 atom stereocenters. The lowest BCUT2D eigenvalue weighted by molar-refractivity contribution is -0.111. The lowest BCUT2D eigenvalue weighted by Crippen LogP contribution is -1.97. The molecule has 0 spiro atoms. The fourth-order valence-electron chi connectivity index (χ4n) is 2.55. The van der Waals surface area contributed by atoms with Crippen molar-refractivity contribution in [2.75, 3.05) is 0 Å². The molecule has 0 amide bonds. The molecule has 0 aromatic heterocycles. The second-order valence-corrected chi connectivity index (χ2v) is 5.05. The van der Waals surface area contributed by atoms with Gasteiger partial charge < -0.3 is 0 Å². The fourth-order valence-corrected chi connectivity index (χ4v) is 2.55. The summed E-state index contributed by atoms with van der Waals surface area (Å²) in [6.45, 7) is 1.62. The molecule has 0 fully saturated rings. The van der Waals surface area contributed by atoms with Crippen LogP contribution in [0.4, 0.5) is 0 Å². The number of ketones is 1. The van der Waals surface area contributed by atoms with Crippen LogP contribution in [-0.2, 0) is 4.79 Å². The smallest absolute Gasteiger partial charge is 0.160 e. The number of fused-ring (bicyclic) bond motifs is 1. The van der Waals surface area contributed by atoms with E-state index >= 15 is 0 Å². The molecule has 3 aromatic carbocycles. The molecular weight excluding hydrogens is 256 g/mol. The molecule has 0 unspecified atom stereocenters. The summed E-state index contributed by atoms with van der Waals surface area (Å²) in [5, 5.41) is 2.26. The Labute approximate surface area is 124 Å². The van der Waals surface area contributed by atoms with Crippen molar-refractivity contribution in [1.82, 2.24) is 0 Å². The van der Waals surface area contributed by atoms with Crippen LogP contribution < -0.4 is 0 Å². The minimum atomic E-state index is 0.0789. The third-order valence-corrected chi connectivity index (χ3v) is 3.57. The monoisotopic (exact) mass is 272 g/mol. The lowest BCUT2D eigenvalue weighted by Gasteiger charge is -2.09. The molecule has 0 aliphatic heterocycles. The van der Waals surface area contributed by atoms with Crippen LogP contribution in [0.2, 0.25) is 0 Å². The van der Waals surface area contributed by atoms with Crippen LogP contribution in [0.15, 0.2) is 72.8 Å². The summed E-state index contributed by atoms with van der Waals surface area (Å²) in [6.07, 6.45) is 1.96. The Morgan fingerprint density at radius 3 is 2.24 bits per heavy atom. The second kappa shape index (κ2) is 5.76. The molecule has 3 rings (SSSR count). The predicted molar refractivity (Wildman–Crippen MR) is 88.9 cm³/mol. The van der Waals surface area contributed by atoms with Crippen LogP contribution >= 0.6 is 0 Å². The molecule has 1 heteroatoms. The summed E-state index contributed by atoms with van der Waals surface area (Å²) in [6, 6.07) is 24.2. The average Bonchev–Trinajstić information content (AvgIpc) is 2.53. The molecule has 0 saturated heterocycles. The Bertz CT molecular complexity index is 808. The van der Waals surface area contributed by atoms with Crippen LogP contribution in [0, 0.1) is 0 Å². The maximum Gasteiger partial charge on any atom is 0.160 e. The summed E-state index contributed by atoms with van der Waals surface area (Å²) in [5.74, 6) is 0.0789. The number of benzene rings is 3. The van der Waals surface area contributed by atoms with Gasteiger partial charge >= 0.3 is 0 Å². The van der Waals surface area contributed by atoms with Crippen molar-refractivity contribution < 1.29 is 4.79 Å². The maximum atomic E-state index is 12.1. The van der Waals surface area contributed by atoms with Crippen molar-refractivity contribution in [2.24, 2.45) is 0 Å². The molecule has 3 aromatic rings. The van der Waals surface area contributed by atoms with Gasteiger partial charge in [-0.2, -0.15) is 0 Å². The number of carbonyl (C=O) groups is 1. The predicted octanol–water partition coefficient (Wildman–Crippen LogP) is 4.97. The molecule has 0 saturated carbocycles. The lowest BCUT2D eigenvalue weighted by atomic mass is 9.94. The Kier molecular flexibility index (Phi) is 3.65.